The van der Waals surface area contributed by atoms with Crippen molar-refractivity contribution in [1.82, 2.24) is 5.32 Å². The van der Waals surface area contributed by atoms with Crippen molar-refractivity contribution in [3.05, 3.63) is 60.7 Å². The highest BCUT2D eigenvalue weighted by molar-refractivity contribution is 7.49. The van der Waals surface area contributed by atoms with Crippen LogP contribution in [0.1, 0.15) is 149 Å². The van der Waals surface area contributed by atoms with Gasteiger partial charge in [-0.1, -0.05) is 201 Å². The quantitative estimate of drug-likeness (QED) is 0.0391. The fraction of sp³-hybridized carbons (Fsp3) is 0.723. The molecule has 0 aromatic heterocycles. The molecule has 1 fully saturated rings. The Bertz CT molecular complexity index is 1460. The van der Waals surface area contributed by atoms with Gasteiger partial charge in [0.2, 0.25) is 3.79 Å². The number of unbranched alkanes of at least 4 members (excludes halogenated alkanes) is 17. The minimum atomic E-state index is -4.68. The Labute approximate surface area is 391 Å². The third-order valence-corrected chi connectivity index (χ3v) is 12.6. The lowest BCUT2D eigenvalue weighted by atomic mass is 9.97. The van der Waals surface area contributed by atoms with Crippen LogP contribution in [0.15, 0.2) is 60.7 Å². The van der Waals surface area contributed by atoms with Gasteiger partial charge in [-0.3, -0.25) is 4.52 Å². The molecule has 63 heavy (non-hydrogen) atoms. The van der Waals surface area contributed by atoms with Crippen LogP contribution in [-0.2, 0) is 28.0 Å². The Hall–Kier alpha value is -1.86. The molecule has 0 unspecified atom stereocenters. The number of alkyl halides is 4. The van der Waals surface area contributed by atoms with Crippen molar-refractivity contribution in [3.63, 3.8) is 0 Å². The summed E-state index contributed by atoms with van der Waals surface area (Å²) in [5, 5.41) is 13.7. The standard InChI is InChI=1S/C47H74Cl3FNO10P/c1-3-5-7-9-11-13-15-17-19-27-34-56-38(28-22-18-16-14-12-10-8-6-4-2)33-35-57-44-42(52-46(54)58-37-47(48,49)50)45(53)59-41(36-51)43(44)62-63(55,60-39-29-23-20-24-30-39)61-40-31-25-21-26-32-40/h20-21,23-26,29-32,38,41-45,53H,3-19,22,27-28,33-37H2,1-2H3,(H,52,54)/t38-,41+,42-,43+,44+,45-/m0/s1. The monoisotopic (exact) mass is 967 g/mol. The second-order valence-corrected chi connectivity index (χ2v) is 20.3. The normalized spacial score (nSPS) is 19.7. The first-order chi connectivity index (χ1) is 30.5. The first-order valence-electron chi connectivity index (χ1n) is 23.4. The molecule has 3 rings (SSSR count). The van der Waals surface area contributed by atoms with Crippen molar-refractivity contribution >= 4 is 48.7 Å². The summed E-state index contributed by atoms with van der Waals surface area (Å²) in [6, 6.07) is 15.0. The van der Waals surface area contributed by atoms with E-state index in [9.17, 15) is 18.9 Å². The minimum absolute atomic E-state index is 0.0428. The number of carbonyl (C=O) groups is 1. The molecule has 0 radical (unpaired) electrons. The third kappa shape index (κ3) is 24.5. The lowest BCUT2D eigenvalue weighted by Gasteiger charge is -2.44. The van der Waals surface area contributed by atoms with Gasteiger partial charge < -0.3 is 38.4 Å². The average Bonchev–Trinajstić information content (AvgIpc) is 3.26. The van der Waals surface area contributed by atoms with Gasteiger partial charge in [-0.15, -0.1) is 0 Å². The van der Waals surface area contributed by atoms with Crippen LogP contribution >= 0.6 is 42.6 Å². The summed E-state index contributed by atoms with van der Waals surface area (Å²) in [5.74, 6) is 0.290. The SMILES string of the molecule is CCCCCCCCCCCCO[C@@H](CCCCCCCCCCC)CCO[C@@H]1[C@H](NC(=O)OCC(Cl)(Cl)Cl)[C@@H](O)O[C@H](CF)[C@H]1OP(=O)(Oc1ccccc1)Oc1ccccc1. The van der Waals surface area contributed by atoms with E-state index in [4.69, 9.17) is 67.3 Å². The molecule has 2 N–H and O–H groups in total. The summed E-state index contributed by atoms with van der Waals surface area (Å²) in [4.78, 5) is 13.0. The van der Waals surface area contributed by atoms with E-state index >= 15 is 0 Å². The second-order valence-electron chi connectivity index (χ2n) is 16.3. The molecule has 0 aliphatic carbocycles. The van der Waals surface area contributed by atoms with Crippen LogP contribution in [0.2, 0.25) is 0 Å². The van der Waals surface area contributed by atoms with E-state index < -0.39 is 61.6 Å². The summed E-state index contributed by atoms with van der Waals surface area (Å²) in [6.45, 7) is 3.31. The Morgan fingerprint density at radius 3 is 1.71 bits per heavy atom. The number of phosphoric acid groups is 1. The summed E-state index contributed by atoms with van der Waals surface area (Å²) >= 11 is 17.4. The predicted octanol–water partition coefficient (Wildman–Crippen LogP) is 13.8. The molecule has 1 heterocycles. The summed E-state index contributed by atoms with van der Waals surface area (Å²) in [7, 11) is -4.68. The smallest absolute Gasteiger partial charge is 0.445 e. The summed E-state index contributed by atoms with van der Waals surface area (Å²) in [5.41, 5.74) is 0. The van der Waals surface area contributed by atoms with Crippen molar-refractivity contribution < 1.29 is 51.4 Å². The minimum Gasteiger partial charge on any atom is -0.445 e. The van der Waals surface area contributed by atoms with Crippen molar-refractivity contribution in [1.29, 1.82) is 0 Å². The Morgan fingerprint density at radius 1 is 0.730 bits per heavy atom. The molecular weight excluding hydrogens is 895 g/mol. The van der Waals surface area contributed by atoms with E-state index in [1.165, 1.54) is 89.9 Å². The highest BCUT2D eigenvalue weighted by atomic mass is 35.6. The number of aliphatic hydroxyl groups excluding tert-OH is 1. The molecule has 1 amide bonds. The number of para-hydroxylation sites is 2. The predicted molar refractivity (Wildman–Crippen MR) is 250 cm³/mol. The molecule has 6 atom stereocenters. The number of benzene rings is 2. The van der Waals surface area contributed by atoms with Crippen LogP contribution in [-0.4, -0.2) is 78.2 Å². The Morgan fingerprint density at radius 2 is 1.22 bits per heavy atom. The first kappa shape index (κ1) is 55.5. The number of alkyl carbamates (subject to hydrolysis) is 1. The number of hydrogen-bond donors (Lipinski definition) is 2. The zero-order chi connectivity index (χ0) is 45.6. The number of hydrogen-bond acceptors (Lipinski definition) is 10. The molecule has 2 aromatic rings. The van der Waals surface area contributed by atoms with Gasteiger partial charge in [0.05, 0.1) is 6.10 Å². The third-order valence-electron chi connectivity index (χ3n) is 10.9. The lowest BCUT2D eigenvalue weighted by Crippen LogP contribution is -2.65. The van der Waals surface area contributed by atoms with Gasteiger partial charge in [-0.25, -0.2) is 13.8 Å². The van der Waals surface area contributed by atoms with E-state index in [1.807, 2.05) is 0 Å². The zero-order valence-corrected chi connectivity index (χ0v) is 40.7. The van der Waals surface area contributed by atoms with Crippen LogP contribution < -0.4 is 14.4 Å². The van der Waals surface area contributed by atoms with Gasteiger partial charge in [-0.2, -0.15) is 0 Å². The van der Waals surface area contributed by atoms with Gasteiger partial charge in [0.25, 0.3) is 0 Å². The van der Waals surface area contributed by atoms with Crippen molar-refractivity contribution in [2.24, 2.45) is 0 Å². The number of amides is 1. The van der Waals surface area contributed by atoms with Crippen molar-refractivity contribution in [2.45, 2.75) is 189 Å². The fourth-order valence-electron chi connectivity index (χ4n) is 7.45. The largest absolute Gasteiger partial charge is 0.588 e. The molecule has 1 aliphatic heterocycles. The molecule has 360 valence electrons. The number of halogens is 4. The lowest BCUT2D eigenvalue weighted by molar-refractivity contribution is -0.254. The zero-order valence-electron chi connectivity index (χ0n) is 37.5. The second kappa shape index (κ2) is 32.8. The van der Waals surface area contributed by atoms with Crippen LogP contribution in [0.4, 0.5) is 9.18 Å². The van der Waals surface area contributed by atoms with Gasteiger partial charge in [0.1, 0.15) is 49.1 Å². The van der Waals surface area contributed by atoms with Crippen molar-refractivity contribution in [3.8, 4) is 11.5 Å². The first-order valence-corrected chi connectivity index (χ1v) is 26.0. The summed E-state index contributed by atoms with van der Waals surface area (Å²) < 4.78 is 69.1. The molecule has 1 aliphatic rings. The average molecular weight is 969 g/mol. The van der Waals surface area contributed by atoms with Gasteiger partial charge in [-0.05, 0) is 43.5 Å². The Kier molecular flexibility index (Phi) is 28.8. The maximum Gasteiger partial charge on any atom is 0.588 e. The van der Waals surface area contributed by atoms with E-state index in [2.05, 4.69) is 19.2 Å². The number of ether oxygens (including phenoxy) is 4. The number of nitrogens with one attached hydrogen (secondary N) is 1. The van der Waals surface area contributed by atoms with E-state index in [0.717, 1.165) is 38.5 Å². The van der Waals surface area contributed by atoms with Crippen LogP contribution in [0.5, 0.6) is 11.5 Å². The highest BCUT2D eigenvalue weighted by Gasteiger charge is 2.52. The van der Waals surface area contributed by atoms with Gasteiger partial charge >= 0.3 is 13.9 Å². The Balaban J connectivity index is 1.78. The number of rotatable bonds is 35. The molecule has 0 spiro atoms. The number of aliphatic hydroxyl groups is 1. The molecular formula is C47H74Cl3FNO10P. The fourth-order valence-corrected chi connectivity index (χ4v) is 9.05. The van der Waals surface area contributed by atoms with E-state index in [1.54, 1.807) is 60.7 Å². The maximum atomic E-state index is 14.9. The van der Waals surface area contributed by atoms with E-state index in [0.29, 0.717) is 13.0 Å². The molecule has 16 heteroatoms. The summed E-state index contributed by atoms with van der Waals surface area (Å²) in [6.07, 6.45) is 16.7. The van der Waals surface area contributed by atoms with Crippen molar-refractivity contribution in [2.75, 3.05) is 26.5 Å². The van der Waals surface area contributed by atoms with Gasteiger partial charge in [0, 0.05) is 13.2 Å². The number of phosphoric ester groups is 1. The molecule has 11 nitrogen and oxygen atoms in total. The molecule has 0 bridgehead atoms. The van der Waals surface area contributed by atoms with Crippen LogP contribution in [0.3, 0.4) is 0 Å². The topological polar surface area (TPSA) is 131 Å². The number of carbonyl (C=O) groups excluding carboxylic acids is 1. The molecule has 1 saturated heterocycles. The van der Waals surface area contributed by atoms with E-state index in [-0.39, 0.29) is 24.2 Å². The van der Waals surface area contributed by atoms with Gasteiger partial charge in [0.15, 0.2) is 6.29 Å². The molecule has 2 aromatic carbocycles. The highest BCUT2D eigenvalue weighted by Crippen LogP contribution is 2.52. The maximum absolute atomic E-state index is 14.9. The molecule has 0 saturated carbocycles. The van der Waals surface area contributed by atoms with Crippen LogP contribution in [0.25, 0.3) is 0 Å². The van der Waals surface area contributed by atoms with Crippen LogP contribution in [0, 0.1) is 0 Å².